The van der Waals surface area contributed by atoms with Crippen molar-refractivity contribution in [2.24, 2.45) is 0 Å². The molecule has 0 heterocycles. The summed E-state index contributed by atoms with van der Waals surface area (Å²) in [6, 6.07) is 8.75. The van der Waals surface area contributed by atoms with Crippen LogP contribution in [0.15, 0.2) is 46.2 Å². The fourth-order valence-electron chi connectivity index (χ4n) is 1.59. The molecule has 5 nitrogen and oxygen atoms in total. The van der Waals surface area contributed by atoms with Crippen LogP contribution >= 0.6 is 35.0 Å². The van der Waals surface area contributed by atoms with Gasteiger partial charge >= 0.3 is 5.97 Å². The minimum absolute atomic E-state index is 0.372. The number of benzene rings is 2. The zero-order valence-corrected chi connectivity index (χ0v) is 12.6. The van der Waals surface area contributed by atoms with Crippen LogP contribution in [0.4, 0.5) is 5.69 Å². The van der Waals surface area contributed by atoms with Crippen LogP contribution in [0, 0.1) is 10.1 Å². The minimum Gasteiger partial charge on any atom is -0.477 e. The molecular formula is C13H7Cl2NO4S. The molecule has 0 aliphatic carbocycles. The van der Waals surface area contributed by atoms with Gasteiger partial charge in [0.25, 0.3) is 5.69 Å². The monoisotopic (exact) mass is 343 g/mol. The second kappa shape index (κ2) is 6.34. The van der Waals surface area contributed by atoms with Crippen molar-refractivity contribution in [3.8, 4) is 0 Å². The Morgan fingerprint density at radius 2 is 1.90 bits per heavy atom. The summed E-state index contributed by atoms with van der Waals surface area (Å²) in [5.74, 6) is -1.36. The number of carbonyl (C=O) groups is 1. The zero-order valence-electron chi connectivity index (χ0n) is 10.2. The molecule has 0 bridgehead atoms. The quantitative estimate of drug-likeness (QED) is 0.639. The normalized spacial score (nSPS) is 10.4. The summed E-state index contributed by atoms with van der Waals surface area (Å²) in [6.45, 7) is 0. The van der Waals surface area contributed by atoms with Gasteiger partial charge in [-0.2, -0.15) is 0 Å². The van der Waals surface area contributed by atoms with Crippen molar-refractivity contribution in [2.45, 2.75) is 9.79 Å². The molecule has 21 heavy (non-hydrogen) atoms. The minimum atomic E-state index is -1.36. The van der Waals surface area contributed by atoms with Crippen LogP contribution in [-0.2, 0) is 0 Å². The Balaban J connectivity index is 2.41. The maximum atomic E-state index is 11.1. The van der Waals surface area contributed by atoms with E-state index in [4.69, 9.17) is 28.3 Å². The van der Waals surface area contributed by atoms with E-state index in [0.717, 1.165) is 6.07 Å². The fourth-order valence-corrected chi connectivity index (χ4v) is 2.98. The van der Waals surface area contributed by atoms with E-state index in [-0.39, 0.29) is 5.56 Å². The third-order valence-electron chi connectivity index (χ3n) is 2.52. The molecule has 0 saturated carbocycles. The van der Waals surface area contributed by atoms with Gasteiger partial charge in [-0.25, -0.2) is 4.79 Å². The number of hydrogen-bond acceptors (Lipinski definition) is 4. The highest BCUT2D eigenvalue weighted by atomic mass is 35.5. The Morgan fingerprint density at radius 1 is 1.19 bits per heavy atom. The highest BCUT2D eigenvalue weighted by Gasteiger charge is 2.20. The summed E-state index contributed by atoms with van der Waals surface area (Å²) in [5.41, 5.74) is -0.827. The summed E-state index contributed by atoms with van der Waals surface area (Å²) in [4.78, 5) is 22.3. The van der Waals surface area contributed by atoms with Crippen LogP contribution in [0.1, 0.15) is 10.4 Å². The average molecular weight is 344 g/mol. The molecule has 0 amide bonds. The maximum absolute atomic E-state index is 11.1. The molecule has 0 fully saturated rings. The van der Waals surface area contributed by atoms with Crippen molar-refractivity contribution >= 4 is 46.6 Å². The Labute approximate surface area is 133 Å². The lowest BCUT2D eigenvalue weighted by Gasteiger charge is -2.06. The van der Waals surface area contributed by atoms with E-state index in [1.807, 2.05) is 0 Å². The molecule has 2 aromatic rings. The van der Waals surface area contributed by atoms with Gasteiger partial charge in [0.2, 0.25) is 0 Å². The summed E-state index contributed by atoms with van der Waals surface area (Å²) >= 11 is 13.1. The Morgan fingerprint density at radius 3 is 2.52 bits per heavy atom. The lowest BCUT2D eigenvalue weighted by Crippen LogP contribution is -2.02. The molecule has 1 N–H and O–H groups in total. The van der Waals surface area contributed by atoms with Crippen LogP contribution < -0.4 is 0 Å². The number of carboxylic acids is 1. The lowest BCUT2D eigenvalue weighted by atomic mass is 10.2. The van der Waals surface area contributed by atoms with Crippen molar-refractivity contribution in [2.75, 3.05) is 0 Å². The summed E-state index contributed by atoms with van der Waals surface area (Å²) in [5, 5.41) is 20.8. The van der Waals surface area contributed by atoms with E-state index < -0.39 is 16.6 Å². The topological polar surface area (TPSA) is 80.4 Å². The van der Waals surface area contributed by atoms with Crippen molar-refractivity contribution < 1.29 is 14.8 Å². The van der Waals surface area contributed by atoms with E-state index in [0.29, 0.717) is 19.8 Å². The predicted molar refractivity (Wildman–Crippen MR) is 80.6 cm³/mol. The molecule has 0 saturated heterocycles. The molecular weight excluding hydrogens is 337 g/mol. The molecule has 0 atom stereocenters. The number of aromatic carboxylic acids is 1. The second-order valence-electron chi connectivity index (χ2n) is 3.92. The van der Waals surface area contributed by atoms with E-state index in [2.05, 4.69) is 0 Å². The summed E-state index contributed by atoms with van der Waals surface area (Å²) < 4.78 is 0. The van der Waals surface area contributed by atoms with Crippen molar-refractivity contribution in [3.05, 3.63) is 62.1 Å². The Bertz CT molecular complexity index is 736. The van der Waals surface area contributed by atoms with Gasteiger partial charge in [0.15, 0.2) is 0 Å². The number of nitrogens with zero attached hydrogens (tertiary/aromatic N) is 1. The van der Waals surface area contributed by atoms with E-state index in [1.54, 1.807) is 18.2 Å². The largest absolute Gasteiger partial charge is 0.477 e. The molecule has 0 spiro atoms. The first-order valence-electron chi connectivity index (χ1n) is 5.53. The Hall–Kier alpha value is -1.76. The van der Waals surface area contributed by atoms with E-state index in [1.165, 1.54) is 23.9 Å². The van der Waals surface area contributed by atoms with Crippen molar-refractivity contribution in [1.82, 2.24) is 0 Å². The van der Waals surface area contributed by atoms with E-state index in [9.17, 15) is 14.9 Å². The van der Waals surface area contributed by atoms with Crippen LogP contribution in [0.25, 0.3) is 0 Å². The van der Waals surface area contributed by atoms with Gasteiger partial charge in [0.1, 0.15) is 5.56 Å². The maximum Gasteiger partial charge on any atom is 0.342 e. The van der Waals surface area contributed by atoms with Gasteiger partial charge in [-0.15, -0.1) is 0 Å². The molecule has 0 radical (unpaired) electrons. The van der Waals surface area contributed by atoms with Gasteiger partial charge in [-0.05, 0) is 30.3 Å². The first-order valence-corrected chi connectivity index (χ1v) is 7.10. The number of nitro groups is 1. The van der Waals surface area contributed by atoms with Gasteiger partial charge in [0.05, 0.1) is 9.95 Å². The molecule has 0 aromatic heterocycles. The van der Waals surface area contributed by atoms with Crippen LogP contribution in [-0.4, -0.2) is 16.0 Å². The Kier molecular flexibility index (Phi) is 4.72. The zero-order chi connectivity index (χ0) is 15.6. The van der Waals surface area contributed by atoms with Crippen molar-refractivity contribution in [1.29, 1.82) is 0 Å². The number of carboxylic acid groups (broad SMARTS) is 1. The van der Waals surface area contributed by atoms with Gasteiger partial charge in [0, 0.05) is 20.9 Å². The first-order chi connectivity index (χ1) is 9.88. The molecule has 0 unspecified atom stereocenters. The second-order valence-corrected chi connectivity index (χ2v) is 5.88. The molecule has 0 aliphatic heterocycles. The van der Waals surface area contributed by atoms with E-state index >= 15 is 0 Å². The van der Waals surface area contributed by atoms with Gasteiger partial charge < -0.3 is 5.11 Å². The number of rotatable bonds is 4. The fraction of sp³-hybridized carbons (Fsp3) is 0. The highest BCUT2D eigenvalue weighted by Crippen LogP contribution is 2.36. The van der Waals surface area contributed by atoms with Crippen molar-refractivity contribution in [3.63, 3.8) is 0 Å². The summed E-state index contributed by atoms with van der Waals surface area (Å²) in [7, 11) is 0. The van der Waals surface area contributed by atoms with Gasteiger partial charge in [-0.1, -0.05) is 35.0 Å². The number of nitro benzene ring substituents is 1. The molecule has 2 aromatic carbocycles. The smallest absolute Gasteiger partial charge is 0.342 e. The number of hydrogen-bond donors (Lipinski definition) is 1. The highest BCUT2D eigenvalue weighted by molar-refractivity contribution is 7.99. The first kappa shape index (κ1) is 15.6. The van der Waals surface area contributed by atoms with Crippen LogP contribution in [0.2, 0.25) is 10.0 Å². The third-order valence-corrected chi connectivity index (χ3v) is 4.24. The molecule has 8 heteroatoms. The predicted octanol–water partition coefficient (Wildman–Crippen LogP) is 4.75. The molecule has 0 aliphatic rings. The molecule has 108 valence electrons. The lowest BCUT2D eigenvalue weighted by molar-refractivity contribution is -0.385. The van der Waals surface area contributed by atoms with Crippen LogP contribution in [0.3, 0.4) is 0 Å². The third kappa shape index (κ3) is 3.66. The van der Waals surface area contributed by atoms with Crippen LogP contribution in [0.5, 0.6) is 0 Å². The molecule has 2 rings (SSSR count). The average Bonchev–Trinajstić information content (AvgIpc) is 2.42. The SMILES string of the molecule is O=C(O)c1cc(Sc2cc(Cl)ccc2Cl)ccc1[N+](=O)[O-]. The summed E-state index contributed by atoms with van der Waals surface area (Å²) in [6.07, 6.45) is 0. The number of halogens is 2. The standard InChI is InChI=1S/C13H7Cl2NO4S/c14-7-1-3-10(15)12(5-7)21-8-2-4-11(16(19)20)9(6-8)13(17)18/h1-6H,(H,17,18). The van der Waals surface area contributed by atoms with Gasteiger partial charge in [-0.3, -0.25) is 10.1 Å².